The predicted molar refractivity (Wildman–Crippen MR) is 65.7 cm³/mol. The second-order valence-electron chi connectivity index (χ2n) is 3.60. The first-order valence-corrected chi connectivity index (χ1v) is 6.02. The zero-order chi connectivity index (χ0) is 10.9. The van der Waals surface area contributed by atoms with E-state index >= 15 is 0 Å². The van der Waals surface area contributed by atoms with Gasteiger partial charge in [0.25, 0.3) is 0 Å². The summed E-state index contributed by atoms with van der Waals surface area (Å²) in [4.78, 5) is 11.8. The molecule has 0 N–H and O–H groups in total. The molecule has 0 aliphatic heterocycles. The maximum atomic E-state index is 11.8. The molecule has 1 nitrogen and oxygen atoms in total. The minimum absolute atomic E-state index is 0.0278. The molecule has 3 heteroatoms. The zero-order valence-electron chi connectivity index (χ0n) is 8.40. The number of hydrogen-bond donors (Lipinski definition) is 0. The molecular formula is C11H12Br2O. The van der Waals surface area contributed by atoms with Gasteiger partial charge in [-0.3, -0.25) is 4.79 Å². The highest BCUT2D eigenvalue weighted by Crippen LogP contribution is 2.27. The molecule has 0 bridgehead atoms. The number of benzene rings is 1. The van der Waals surface area contributed by atoms with E-state index in [1.165, 1.54) is 0 Å². The van der Waals surface area contributed by atoms with Crippen LogP contribution in [-0.2, 0) is 0 Å². The molecule has 14 heavy (non-hydrogen) atoms. The summed E-state index contributed by atoms with van der Waals surface area (Å²) in [5, 5.41) is 0. The number of hydrogen-bond acceptors (Lipinski definition) is 1. The van der Waals surface area contributed by atoms with Gasteiger partial charge < -0.3 is 0 Å². The van der Waals surface area contributed by atoms with E-state index in [2.05, 4.69) is 31.9 Å². The van der Waals surface area contributed by atoms with Crippen molar-refractivity contribution in [2.75, 3.05) is 0 Å². The fraction of sp³-hybridized carbons (Fsp3) is 0.364. The molecule has 0 aliphatic rings. The number of carbonyl (C=O) groups is 1. The maximum Gasteiger partial charge on any atom is 0.166 e. The number of ketones is 1. The Bertz CT molecular complexity index is 370. The van der Waals surface area contributed by atoms with Gasteiger partial charge in [0.2, 0.25) is 0 Å². The van der Waals surface area contributed by atoms with Crippen LogP contribution in [0.4, 0.5) is 0 Å². The summed E-state index contributed by atoms with van der Waals surface area (Å²) in [5.74, 6) is 0.196. The second kappa shape index (κ2) is 4.58. The molecule has 0 spiro atoms. The number of aryl methyl sites for hydroxylation is 1. The number of halogens is 2. The molecule has 1 rings (SSSR count). The van der Waals surface area contributed by atoms with Gasteiger partial charge in [0.1, 0.15) is 0 Å². The molecule has 0 saturated carbocycles. The minimum atomic E-state index is 0.0278. The summed E-state index contributed by atoms with van der Waals surface area (Å²) in [5.41, 5.74) is 1.83. The van der Waals surface area contributed by atoms with Crippen molar-refractivity contribution in [3.05, 3.63) is 32.2 Å². The van der Waals surface area contributed by atoms with Crippen LogP contribution in [0.5, 0.6) is 0 Å². The Labute approximate surface area is 101 Å². The van der Waals surface area contributed by atoms with Gasteiger partial charge in [-0.25, -0.2) is 0 Å². The van der Waals surface area contributed by atoms with E-state index in [1.807, 2.05) is 32.9 Å². The number of Topliss-reactive ketones (excluding diaryl/α,β-unsaturated/α-hetero) is 1. The lowest BCUT2D eigenvalue weighted by Gasteiger charge is -2.09. The summed E-state index contributed by atoms with van der Waals surface area (Å²) in [7, 11) is 0. The van der Waals surface area contributed by atoms with Crippen LogP contribution in [0.15, 0.2) is 21.1 Å². The van der Waals surface area contributed by atoms with Crippen molar-refractivity contribution in [1.29, 1.82) is 0 Å². The molecule has 0 unspecified atom stereocenters. The lowest BCUT2D eigenvalue weighted by Crippen LogP contribution is -2.08. The Balaban J connectivity index is 3.27. The van der Waals surface area contributed by atoms with Gasteiger partial charge in [-0.15, -0.1) is 0 Å². The summed E-state index contributed by atoms with van der Waals surface area (Å²) in [6, 6.07) is 3.85. The van der Waals surface area contributed by atoms with Crippen molar-refractivity contribution in [2.45, 2.75) is 20.8 Å². The van der Waals surface area contributed by atoms with Gasteiger partial charge in [-0.1, -0.05) is 29.8 Å². The van der Waals surface area contributed by atoms with Crippen LogP contribution in [0.3, 0.4) is 0 Å². The standard InChI is InChI=1S/C11H12Br2O/c1-6(2)11(14)9-5-8(12)4-7(3)10(9)13/h4-6H,1-3H3. The molecule has 0 aromatic heterocycles. The summed E-state index contributed by atoms with van der Waals surface area (Å²) in [6.45, 7) is 5.79. The third-order valence-corrected chi connectivity index (χ3v) is 3.52. The average molecular weight is 320 g/mol. The van der Waals surface area contributed by atoms with E-state index in [4.69, 9.17) is 0 Å². The average Bonchev–Trinajstić information content (AvgIpc) is 2.09. The Hall–Kier alpha value is -0.150. The zero-order valence-corrected chi connectivity index (χ0v) is 11.6. The molecule has 76 valence electrons. The molecule has 0 saturated heterocycles. The highest BCUT2D eigenvalue weighted by molar-refractivity contribution is 9.11. The van der Waals surface area contributed by atoms with Gasteiger partial charge in [-0.05, 0) is 40.5 Å². The van der Waals surface area contributed by atoms with Crippen molar-refractivity contribution in [3.63, 3.8) is 0 Å². The molecule has 0 radical (unpaired) electrons. The van der Waals surface area contributed by atoms with Crippen LogP contribution in [0.1, 0.15) is 29.8 Å². The largest absolute Gasteiger partial charge is 0.294 e. The Morgan fingerprint density at radius 3 is 2.36 bits per heavy atom. The first kappa shape index (κ1) is 11.9. The SMILES string of the molecule is Cc1cc(Br)cc(C(=O)C(C)C)c1Br. The molecule has 0 aliphatic carbocycles. The molecular weight excluding hydrogens is 308 g/mol. The Morgan fingerprint density at radius 1 is 1.29 bits per heavy atom. The summed E-state index contributed by atoms with van der Waals surface area (Å²) in [6.07, 6.45) is 0. The first-order valence-electron chi connectivity index (χ1n) is 4.43. The Kier molecular flexibility index (Phi) is 3.90. The molecule has 1 aromatic carbocycles. The van der Waals surface area contributed by atoms with Gasteiger partial charge in [0.15, 0.2) is 5.78 Å². The minimum Gasteiger partial charge on any atom is -0.294 e. The predicted octanol–water partition coefficient (Wildman–Crippen LogP) is 4.36. The number of rotatable bonds is 2. The normalized spacial score (nSPS) is 10.7. The fourth-order valence-corrected chi connectivity index (χ4v) is 2.21. The van der Waals surface area contributed by atoms with Gasteiger partial charge in [-0.2, -0.15) is 0 Å². The van der Waals surface area contributed by atoms with Gasteiger partial charge in [0.05, 0.1) is 0 Å². The van der Waals surface area contributed by atoms with E-state index < -0.39 is 0 Å². The van der Waals surface area contributed by atoms with Gasteiger partial charge in [0, 0.05) is 20.4 Å². The van der Waals surface area contributed by atoms with E-state index in [0.717, 1.165) is 20.1 Å². The summed E-state index contributed by atoms with van der Waals surface area (Å²) < 4.78 is 1.85. The number of carbonyl (C=O) groups excluding carboxylic acids is 1. The monoisotopic (exact) mass is 318 g/mol. The maximum absolute atomic E-state index is 11.8. The van der Waals surface area contributed by atoms with Crippen LogP contribution in [-0.4, -0.2) is 5.78 Å². The van der Waals surface area contributed by atoms with Crippen molar-refractivity contribution < 1.29 is 4.79 Å². The van der Waals surface area contributed by atoms with E-state index in [9.17, 15) is 4.79 Å². The smallest absolute Gasteiger partial charge is 0.166 e. The van der Waals surface area contributed by atoms with Crippen LogP contribution in [0.2, 0.25) is 0 Å². The summed E-state index contributed by atoms with van der Waals surface area (Å²) >= 11 is 6.83. The van der Waals surface area contributed by atoms with Crippen LogP contribution < -0.4 is 0 Å². The van der Waals surface area contributed by atoms with Crippen LogP contribution in [0, 0.1) is 12.8 Å². The third kappa shape index (κ3) is 2.45. The molecule has 0 fully saturated rings. The molecule has 0 atom stereocenters. The van der Waals surface area contributed by atoms with Gasteiger partial charge >= 0.3 is 0 Å². The lowest BCUT2D eigenvalue weighted by atomic mass is 10.00. The van der Waals surface area contributed by atoms with E-state index in [-0.39, 0.29) is 11.7 Å². The molecule has 0 amide bonds. The van der Waals surface area contributed by atoms with Crippen LogP contribution >= 0.6 is 31.9 Å². The second-order valence-corrected chi connectivity index (χ2v) is 5.31. The third-order valence-electron chi connectivity index (χ3n) is 2.01. The quantitative estimate of drug-likeness (QED) is 0.740. The molecule has 0 heterocycles. The fourth-order valence-electron chi connectivity index (χ4n) is 1.22. The van der Waals surface area contributed by atoms with E-state index in [1.54, 1.807) is 0 Å². The first-order chi connectivity index (χ1) is 6.43. The highest BCUT2D eigenvalue weighted by atomic mass is 79.9. The van der Waals surface area contributed by atoms with Crippen molar-refractivity contribution in [3.8, 4) is 0 Å². The van der Waals surface area contributed by atoms with Crippen molar-refractivity contribution in [2.24, 2.45) is 5.92 Å². The Morgan fingerprint density at radius 2 is 1.86 bits per heavy atom. The van der Waals surface area contributed by atoms with Crippen LogP contribution in [0.25, 0.3) is 0 Å². The molecule has 1 aromatic rings. The van der Waals surface area contributed by atoms with E-state index in [0.29, 0.717) is 0 Å². The van der Waals surface area contributed by atoms with Crippen molar-refractivity contribution >= 4 is 37.6 Å². The van der Waals surface area contributed by atoms with Crippen molar-refractivity contribution in [1.82, 2.24) is 0 Å². The highest BCUT2D eigenvalue weighted by Gasteiger charge is 2.15. The lowest BCUT2D eigenvalue weighted by molar-refractivity contribution is 0.0938. The topological polar surface area (TPSA) is 17.1 Å².